The van der Waals surface area contributed by atoms with Crippen LogP contribution in [0, 0.1) is 10.8 Å². The molecule has 0 aliphatic carbocycles. The van der Waals surface area contributed by atoms with Gasteiger partial charge in [0.2, 0.25) is 0 Å². The molecule has 0 aromatic heterocycles. The molecule has 0 saturated carbocycles. The van der Waals surface area contributed by atoms with Gasteiger partial charge >= 0.3 is 0 Å². The summed E-state index contributed by atoms with van der Waals surface area (Å²) in [6.07, 6.45) is 12.7. The number of hydrogen-bond donors (Lipinski definition) is 0. The normalized spacial score (nSPS) is 13.1. The van der Waals surface area contributed by atoms with Gasteiger partial charge in [0.05, 0.1) is 0 Å². The zero-order chi connectivity index (χ0) is 13.4. The summed E-state index contributed by atoms with van der Waals surface area (Å²) in [7, 11) is 0. The quantitative estimate of drug-likeness (QED) is 0.399. The van der Waals surface area contributed by atoms with Crippen molar-refractivity contribution in [2.45, 2.75) is 99.3 Å². The van der Waals surface area contributed by atoms with E-state index in [1.165, 1.54) is 57.8 Å². The van der Waals surface area contributed by atoms with E-state index in [-0.39, 0.29) is 0 Å². The summed E-state index contributed by atoms with van der Waals surface area (Å²) in [5, 5.41) is 0. The van der Waals surface area contributed by atoms with Crippen molar-refractivity contribution >= 4 is 0 Å². The average Bonchev–Trinajstić information content (AvgIpc) is 2.12. The molecule has 0 aromatic carbocycles. The molecule has 0 rings (SSSR count). The van der Waals surface area contributed by atoms with Crippen LogP contribution in [0.15, 0.2) is 0 Å². The highest BCUT2D eigenvalue weighted by Crippen LogP contribution is 2.37. The van der Waals surface area contributed by atoms with Gasteiger partial charge in [0.1, 0.15) is 0 Å². The molecule has 0 saturated heterocycles. The van der Waals surface area contributed by atoms with Crippen molar-refractivity contribution in [1.29, 1.82) is 0 Å². The Morgan fingerprint density at radius 3 is 1.59 bits per heavy atom. The fourth-order valence-corrected chi connectivity index (χ4v) is 3.08. The molecule has 17 heavy (non-hydrogen) atoms. The molecule has 0 fully saturated rings. The largest absolute Gasteiger partial charge is 0.0654 e. The highest BCUT2D eigenvalue weighted by molar-refractivity contribution is 4.76. The Morgan fingerprint density at radius 1 is 0.647 bits per heavy atom. The Morgan fingerprint density at radius 2 is 1.12 bits per heavy atom. The third-order valence-corrected chi connectivity index (χ3v) is 3.47. The molecule has 0 atom stereocenters. The summed E-state index contributed by atoms with van der Waals surface area (Å²) < 4.78 is 0. The van der Waals surface area contributed by atoms with Crippen LogP contribution < -0.4 is 0 Å². The van der Waals surface area contributed by atoms with Crippen molar-refractivity contribution in [3.8, 4) is 0 Å². The van der Waals surface area contributed by atoms with Crippen LogP contribution in [0.25, 0.3) is 0 Å². The number of rotatable bonds is 9. The molecule has 0 amide bonds. The minimum atomic E-state index is 0.477. The van der Waals surface area contributed by atoms with Gasteiger partial charge in [-0.15, -0.1) is 0 Å². The van der Waals surface area contributed by atoms with Gasteiger partial charge in [0.15, 0.2) is 0 Å². The van der Waals surface area contributed by atoms with Gasteiger partial charge < -0.3 is 0 Å². The third kappa shape index (κ3) is 12.2. The van der Waals surface area contributed by atoms with Crippen LogP contribution in [0.1, 0.15) is 99.3 Å². The van der Waals surface area contributed by atoms with E-state index in [9.17, 15) is 0 Å². The monoisotopic (exact) mass is 240 g/mol. The van der Waals surface area contributed by atoms with Crippen LogP contribution in [-0.2, 0) is 0 Å². The van der Waals surface area contributed by atoms with Crippen LogP contribution in [0.5, 0.6) is 0 Å². The Bertz CT molecular complexity index is 171. The zero-order valence-corrected chi connectivity index (χ0v) is 13.4. The van der Waals surface area contributed by atoms with Gasteiger partial charge in [-0.2, -0.15) is 0 Å². The van der Waals surface area contributed by atoms with Gasteiger partial charge in [-0.1, -0.05) is 86.5 Å². The summed E-state index contributed by atoms with van der Waals surface area (Å²) in [6.45, 7) is 14.2. The predicted molar refractivity (Wildman–Crippen MR) is 80.5 cm³/mol. The number of unbranched alkanes of at least 4 members (excludes halogenated alkanes) is 6. The van der Waals surface area contributed by atoms with E-state index in [0.717, 1.165) is 0 Å². The van der Waals surface area contributed by atoms with Gasteiger partial charge in [-0.3, -0.25) is 0 Å². The first-order chi connectivity index (χ1) is 7.77. The van der Waals surface area contributed by atoms with E-state index in [4.69, 9.17) is 0 Å². The lowest BCUT2D eigenvalue weighted by molar-refractivity contribution is 0.194. The lowest BCUT2D eigenvalue weighted by atomic mass is 9.73. The summed E-state index contributed by atoms with van der Waals surface area (Å²) in [6, 6.07) is 0. The van der Waals surface area contributed by atoms with Gasteiger partial charge in [-0.05, 0) is 23.7 Å². The first kappa shape index (κ1) is 17.0. The predicted octanol–water partition coefficient (Wildman–Crippen LogP) is 6.59. The molecular formula is C17H36. The van der Waals surface area contributed by atoms with Gasteiger partial charge in [0.25, 0.3) is 0 Å². The molecule has 0 N–H and O–H groups in total. The molecular weight excluding hydrogens is 204 g/mol. The van der Waals surface area contributed by atoms with Crippen LogP contribution in [0.2, 0.25) is 0 Å². The Balaban J connectivity index is 3.52. The third-order valence-electron chi connectivity index (χ3n) is 3.47. The molecule has 0 bridgehead atoms. The standard InChI is InChI=1S/C17H36/c1-7-8-9-10-11-12-13-14-17(5,6)15-16(2,3)4/h7-15H2,1-6H3. The van der Waals surface area contributed by atoms with Crippen molar-refractivity contribution in [1.82, 2.24) is 0 Å². The zero-order valence-electron chi connectivity index (χ0n) is 13.4. The summed E-state index contributed by atoms with van der Waals surface area (Å²) in [5.41, 5.74) is 1.01. The fraction of sp³-hybridized carbons (Fsp3) is 1.00. The van der Waals surface area contributed by atoms with Crippen LogP contribution in [0.4, 0.5) is 0 Å². The minimum Gasteiger partial charge on any atom is -0.0654 e. The molecule has 0 aliphatic rings. The molecule has 0 unspecified atom stereocenters. The highest BCUT2D eigenvalue weighted by Gasteiger charge is 2.24. The lowest BCUT2D eigenvalue weighted by Gasteiger charge is -2.32. The molecule has 104 valence electrons. The minimum absolute atomic E-state index is 0.477. The smallest absolute Gasteiger partial charge is 0.0349 e. The topological polar surface area (TPSA) is 0 Å². The van der Waals surface area contributed by atoms with Crippen LogP contribution >= 0.6 is 0 Å². The Labute approximate surface area is 111 Å². The van der Waals surface area contributed by atoms with E-state index < -0.39 is 0 Å². The SMILES string of the molecule is CCCCCCCCCC(C)(C)CC(C)(C)C. The Hall–Kier alpha value is 0. The van der Waals surface area contributed by atoms with Crippen molar-refractivity contribution in [2.24, 2.45) is 10.8 Å². The first-order valence-electron chi connectivity index (χ1n) is 7.77. The van der Waals surface area contributed by atoms with Crippen molar-refractivity contribution in [3.63, 3.8) is 0 Å². The van der Waals surface area contributed by atoms with Gasteiger partial charge in [0, 0.05) is 0 Å². The second-order valence-corrected chi connectivity index (χ2v) is 7.77. The van der Waals surface area contributed by atoms with Crippen molar-refractivity contribution < 1.29 is 0 Å². The second-order valence-electron chi connectivity index (χ2n) is 7.77. The van der Waals surface area contributed by atoms with Gasteiger partial charge in [-0.25, -0.2) is 0 Å². The number of hydrogen-bond acceptors (Lipinski definition) is 0. The fourth-order valence-electron chi connectivity index (χ4n) is 3.08. The summed E-state index contributed by atoms with van der Waals surface area (Å²) >= 11 is 0. The Kier molecular flexibility index (Phi) is 8.16. The van der Waals surface area contributed by atoms with E-state index >= 15 is 0 Å². The van der Waals surface area contributed by atoms with Crippen LogP contribution in [-0.4, -0.2) is 0 Å². The maximum Gasteiger partial charge on any atom is -0.0349 e. The first-order valence-corrected chi connectivity index (χ1v) is 7.77. The van der Waals surface area contributed by atoms with E-state index in [1.54, 1.807) is 0 Å². The lowest BCUT2D eigenvalue weighted by Crippen LogP contribution is -2.20. The molecule has 0 aromatic rings. The molecule has 0 heteroatoms. The molecule has 0 radical (unpaired) electrons. The molecule has 0 heterocycles. The molecule has 0 aliphatic heterocycles. The van der Waals surface area contributed by atoms with E-state index in [0.29, 0.717) is 10.8 Å². The summed E-state index contributed by atoms with van der Waals surface area (Å²) in [4.78, 5) is 0. The molecule has 0 nitrogen and oxygen atoms in total. The summed E-state index contributed by atoms with van der Waals surface area (Å²) in [5.74, 6) is 0. The van der Waals surface area contributed by atoms with E-state index in [2.05, 4.69) is 41.5 Å². The van der Waals surface area contributed by atoms with Crippen molar-refractivity contribution in [2.75, 3.05) is 0 Å². The maximum absolute atomic E-state index is 2.44. The molecule has 0 spiro atoms. The second kappa shape index (κ2) is 8.16. The maximum atomic E-state index is 2.44. The average molecular weight is 240 g/mol. The highest BCUT2D eigenvalue weighted by atomic mass is 14.3. The van der Waals surface area contributed by atoms with Crippen molar-refractivity contribution in [3.05, 3.63) is 0 Å². The van der Waals surface area contributed by atoms with E-state index in [1.807, 2.05) is 0 Å². The van der Waals surface area contributed by atoms with Crippen LogP contribution in [0.3, 0.4) is 0 Å².